The molecular formula is C27H34N4O4. The van der Waals surface area contributed by atoms with Crippen LogP contribution < -0.4 is 19.1 Å². The Morgan fingerprint density at radius 3 is 2.46 bits per heavy atom. The predicted octanol–water partition coefficient (Wildman–Crippen LogP) is 4.16. The van der Waals surface area contributed by atoms with Crippen LogP contribution in [0.5, 0.6) is 17.2 Å². The summed E-state index contributed by atoms with van der Waals surface area (Å²) < 4.78 is 16.6. The summed E-state index contributed by atoms with van der Waals surface area (Å²) in [5.74, 6) is 3.25. The van der Waals surface area contributed by atoms with Crippen LogP contribution in [0.1, 0.15) is 25.8 Å². The van der Waals surface area contributed by atoms with Gasteiger partial charge in [-0.25, -0.2) is 0 Å². The molecule has 8 nitrogen and oxygen atoms in total. The summed E-state index contributed by atoms with van der Waals surface area (Å²) in [5, 5.41) is 7.67. The van der Waals surface area contributed by atoms with Gasteiger partial charge in [-0.2, -0.15) is 5.10 Å². The molecule has 1 aliphatic rings. The number of carbonyl (C=O) groups excluding carboxylic acids is 1. The number of amides is 1. The van der Waals surface area contributed by atoms with E-state index in [1.54, 1.807) is 7.11 Å². The van der Waals surface area contributed by atoms with Crippen molar-refractivity contribution in [1.29, 1.82) is 0 Å². The minimum absolute atomic E-state index is 0.124. The number of nitrogens with one attached hydrogen (secondary N) is 1. The van der Waals surface area contributed by atoms with Crippen molar-refractivity contribution in [2.75, 3.05) is 51.4 Å². The molecule has 1 N–H and O–H groups in total. The Balaban J connectivity index is 1.37. The van der Waals surface area contributed by atoms with Gasteiger partial charge in [0.25, 0.3) is 0 Å². The van der Waals surface area contributed by atoms with E-state index >= 15 is 0 Å². The van der Waals surface area contributed by atoms with E-state index < -0.39 is 0 Å². The van der Waals surface area contributed by atoms with Gasteiger partial charge >= 0.3 is 0 Å². The molecule has 0 bridgehead atoms. The summed E-state index contributed by atoms with van der Waals surface area (Å²) in [5.41, 5.74) is 2.94. The SMILES string of the molecule is CCOc1ccc(CC(=O)N2CCCN(c3cc(-c4ccc(OC)cc4)[nH]n3)CC2)cc1OCC. The van der Waals surface area contributed by atoms with Crippen molar-refractivity contribution >= 4 is 11.7 Å². The van der Waals surface area contributed by atoms with Crippen LogP contribution in [-0.4, -0.2) is 67.5 Å². The highest BCUT2D eigenvalue weighted by molar-refractivity contribution is 5.79. The first kappa shape index (κ1) is 24.4. The van der Waals surface area contributed by atoms with Gasteiger partial charge in [-0.1, -0.05) is 6.07 Å². The number of aromatic nitrogens is 2. The second-order valence-electron chi connectivity index (χ2n) is 8.41. The minimum atomic E-state index is 0.124. The van der Waals surface area contributed by atoms with Crippen molar-refractivity contribution in [3.63, 3.8) is 0 Å². The zero-order chi connectivity index (χ0) is 24.6. The molecule has 1 aliphatic heterocycles. The zero-order valence-electron chi connectivity index (χ0n) is 20.8. The Hall–Kier alpha value is -3.68. The summed E-state index contributed by atoms with van der Waals surface area (Å²) in [7, 11) is 1.66. The van der Waals surface area contributed by atoms with E-state index in [-0.39, 0.29) is 5.91 Å². The number of nitrogens with zero attached hydrogens (tertiary/aromatic N) is 3. The molecule has 186 valence electrons. The maximum Gasteiger partial charge on any atom is 0.227 e. The molecule has 0 radical (unpaired) electrons. The first-order valence-corrected chi connectivity index (χ1v) is 12.2. The highest BCUT2D eigenvalue weighted by Gasteiger charge is 2.21. The molecule has 1 amide bonds. The number of carbonyl (C=O) groups is 1. The third kappa shape index (κ3) is 6.07. The standard InChI is InChI=1S/C27H34N4O4/c1-4-34-24-12-7-20(17-25(24)35-5-2)18-27(32)31-14-6-13-30(15-16-31)26-19-23(28-29-26)21-8-10-22(33-3)11-9-21/h7-12,17,19H,4-6,13-16,18H2,1-3H3,(H,28,29). The molecular weight excluding hydrogens is 444 g/mol. The van der Waals surface area contributed by atoms with Gasteiger partial charge in [-0.05, 0) is 67.8 Å². The Kier molecular flexibility index (Phi) is 8.13. The van der Waals surface area contributed by atoms with Gasteiger partial charge in [0.15, 0.2) is 17.3 Å². The fraction of sp³-hybridized carbons (Fsp3) is 0.407. The molecule has 3 aromatic rings. The smallest absolute Gasteiger partial charge is 0.227 e. The van der Waals surface area contributed by atoms with Crippen LogP contribution in [0, 0.1) is 0 Å². The van der Waals surface area contributed by atoms with Crippen molar-refractivity contribution in [1.82, 2.24) is 15.1 Å². The van der Waals surface area contributed by atoms with Crippen LogP contribution >= 0.6 is 0 Å². The largest absolute Gasteiger partial charge is 0.497 e. The summed E-state index contributed by atoms with van der Waals surface area (Å²) >= 11 is 0. The van der Waals surface area contributed by atoms with Crippen molar-refractivity contribution in [2.45, 2.75) is 26.7 Å². The van der Waals surface area contributed by atoms with E-state index in [1.165, 1.54) is 0 Å². The number of hydrogen-bond acceptors (Lipinski definition) is 6. The second-order valence-corrected chi connectivity index (χ2v) is 8.41. The molecule has 1 saturated heterocycles. The van der Waals surface area contributed by atoms with Crippen LogP contribution in [0.4, 0.5) is 5.82 Å². The van der Waals surface area contributed by atoms with Gasteiger partial charge in [0, 0.05) is 32.2 Å². The lowest BCUT2D eigenvalue weighted by Gasteiger charge is -2.22. The highest BCUT2D eigenvalue weighted by atomic mass is 16.5. The van der Waals surface area contributed by atoms with Crippen molar-refractivity contribution < 1.29 is 19.0 Å². The van der Waals surface area contributed by atoms with E-state index in [4.69, 9.17) is 14.2 Å². The Bertz CT molecular complexity index is 1110. The van der Waals surface area contributed by atoms with Crippen LogP contribution in [0.15, 0.2) is 48.5 Å². The quantitative estimate of drug-likeness (QED) is 0.497. The first-order valence-electron chi connectivity index (χ1n) is 12.2. The monoisotopic (exact) mass is 478 g/mol. The van der Waals surface area contributed by atoms with Gasteiger partial charge in [0.1, 0.15) is 5.75 Å². The Morgan fingerprint density at radius 2 is 1.71 bits per heavy atom. The predicted molar refractivity (Wildman–Crippen MR) is 136 cm³/mol. The van der Waals surface area contributed by atoms with Gasteiger partial charge in [-0.15, -0.1) is 0 Å². The number of anilines is 1. The van der Waals surface area contributed by atoms with Crippen molar-refractivity contribution in [3.8, 4) is 28.5 Å². The lowest BCUT2D eigenvalue weighted by Crippen LogP contribution is -2.36. The molecule has 35 heavy (non-hydrogen) atoms. The van der Waals surface area contributed by atoms with E-state index in [2.05, 4.69) is 21.2 Å². The highest BCUT2D eigenvalue weighted by Crippen LogP contribution is 2.29. The normalized spacial score (nSPS) is 13.9. The maximum atomic E-state index is 13.1. The molecule has 0 saturated carbocycles. The van der Waals surface area contributed by atoms with Crippen molar-refractivity contribution in [2.24, 2.45) is 0 Å². The molecule has 1 aromatic heterocycles. The third-order valence-corrected chi connectivity index (χ3v) is 6.10. The van der Waals surface area contributed by atoms with E-state index in [9.17, 15) is 4.79 Å². The lowest BCUT2D eigenvalue weighted by molar-refractivity contribution is -0.130. The van der Waals surface area contributed by atoms with E-state index in [0.29, 0.717) is 37.7 Å². The summed E-state index contributed by atoms with van der Waals surface area (Å²) in [6.07, 6.45) is 1.24. The van der Waals surface area contributed by atoms with Crippen molar-refractivity contribution in [3.05, 3.63) is 54.1 Å². The fourth-order valence-electron chi connectivity index (χ4n) is 4.28. The molecule has 0 unspecified atom stereocenters. The fourth-order valence-corrected chi connectivity index (χ4v) is 4.28. The zero-order valence-corrected chi connectivity index (χ0v) is 20.8. The van der Waals surface area contributed by atoms with E-state index in [0.717, 1.165) is 54.4 Å². The third-order valence-electron chi connectivity index (χ3n) is 6.10. The lowest BCUT2D eigenvalue weighted by atomic mass is 10.1. The van der Waals surface area contributed by atoms with Gasteiger partial charge in [0.05, 0.1) is 32.4 Å². The average molecular weight is 479 g/mol. The average Bonchev–Trinajstić information content (AvgIpc) is 3.23. The second kappa shape index (κ2) is 11.6. The molecule has 1 fully saturated rings. The molecule has 2 heterocycles. The molecule has 8 heteroatoms. The number of rotatable bonds is 9. The molecule has 4 rings (SSSR count). The van der Waals surface area contributed by atoms with Crippen LogP contribution in [0.25, 0.3) is 11.3 Å². The van der Waals surface area contributed by atoms with Gasteiger partial charge < -0.3 is 24.0 Å². The van der Waals surface area contributed by atoms with E-state index in [1.807, 2.05) is 61.2 Å². The molecule has 0 spiro atoms. The van der Waals surface area contributed by atoms with Crippen LogP contribution in [0.3, 0.4) is 0 Å². The summed E-state index contributed by atoms with van der Waals surface area (Å²) in [6, 6.07) is 15.7. The molecule has 2 aromatic carbocycles. The van der Waals surface area contributed by atoms with Crippen LogP contribution in [-0.2, 0) is 11.2 Å². The molecule has 0 aliphatic carbocycles. The summed E-state index contributed by atoms with van der Waals surface area (Å²) in [4.78, 5) is 17.3. The first-order chi connectivity index (χ1) is 17.1. The Labute approximate surface area is 206 Å². The topological polar surface area (TPSA) is 79.9 Å². The van der Waals surface area contributed by atoms with Crippen LogP contribution in [0.2, 0.25) is 0 Å². The number of hydrogen-bond donors (Lipinski definition) is 1. The number of aromatic amines is 1. The van der Waals surface area contributed by atoms with Gasteiger partial charge in [-0.3, -0.25) is 9.89 Å². The summed E-state index contributed by atoms with van der Waals surface area (Å²) in [6.45, 7) is 8.00. The number of methoxy groups -OCH3 is 1. The minimum Gasteiger partial charge on any atom is -0.497 e. The molecule has 0 atom stereocenters. The number of H-pyrrole nitrogens is 1. The Morgan fingerprint density at radius 1 is 0.943 bits per heavy atom. The maximum absolute atomic E-state index is 13.1. The van der Waals surface area contributed by atoms with Gasteiger partial charge in [0.2, 0.25) is 5.91 Å². The number of benzene rings is 2. The number of ether oxygens (including phenoxy) is 3.